The molecule has 2 fully saturated rings. The van der Waals surface area contributed by atoms with E-state index in [9.17, 15) is 5.26 Å². The molecule has 0 aromatic heterocycles. The lowest BCUT2D eigenvalue weighted by atomic mass is 9.65. The zero-order chi connectivity index (χ0) is 18.3. The Balaban J connectivity index is 1.86. The molecule has 2 saturated heterocycles. The summed E-state index contributed by atoms with van der Waals surface area (Å²) in [6, 6.07) is 24.5. The lowest BCUT2D eigenvalue weighted by Crippen LogP contribution is -2.63. The van der Waals surface area contributed by atoms with Gasteiger partial charge in [0.15, 0.2) is 0 Å². The van der Waals surface area contributed by atoms with Crippen molar-refractivity contribution in [3.8, 4) is 6.07 Å². The molecule has 2 atom stereocenters. The Morgan fingerprint density at radius 2 is 1.54 bits per heavy atom. The maximum absolute atomic E-state index is 10.6. The van der Waals surface area contributed by atoms with Gasteiger partial charge in [-0.2, -0.15) is 5.26 Å². The van der Waals surface area contributed by atoms with E-state index in [1.807, 2.05) is 12.1 Å². The molecule has 4 rings (SSSR count). The van der Waals surface area contributed by atoms with Gasteiger partial charge in [0.25, 0.3) is 0 Å². The number of nitrogens with zero attached hydrogens (tertiary/aromatic N) is 2. The fourth-order valence-electron chi connectivity index (χ4n) is 5.84. The molecule has 2 aromatic rings. The molecule has 2 aliphatic rings. The Morgan fingerprint density at radius 1 is 0.962 bits per heavy atom. The van der Waals surface area contributed by atoms with Crippen LogP contribution in [0.4, 0.5) is 0 Å². The van der Waals surface area contributed by atoms with Crippen molar-refractivity contribution >= 4 is 0 Å². The number of piperidine rings is 1. The van der Waals surface area contributed by atoms with Gasteiger partial charge in [0.1, 0.15) is 11.0 Å². The molecule has 2 aromatic carbocycles. The smallest absolute Gasteiger partial charge is 0.113 e. The van der Waals surface area contributed by atoms with Crippen molar-refractivity contribution in [1.82, 2.24) is 0 Å². The van der Waals surface area contributed by atoms with Crippen LogP contribution in [0.15, 0.2) is 60.7 Å². The molecule has 26 heavy (non-hydrogen) atoms. The van der Waals surface area contributed by atoms with Gasteiger partial charge in [0.05, 0.1) is 26.2 Å². The number of hydrogen-bond acceptors (Lipinski definition) is 1. The van der Waals surface area contributed by atoms with Crippen LogP contribution in [0, 0.1) is 11.3 Å². The summed E-state index contributed by atoms with van der Waals surface area (Å²) in [5, 5.41) is 10.6. The molecule has 0 spiro atoms. The van der Waals surface area contributed by atoms with Crippen molar-refractivity contribution in [1.29, 1.82) is 5.26 Å². The Bertz CT molecular complexity index is 760. The van der Waals surface area contributed by atoms with Gasteiger partial charge in [-0.3, -0.25) is 0 Å². The van der Waals surface area contributed by atoms with Crippen molar-refractivity contribution in [2.75, 3.05) is 14.1 Å². The second kappa shape index (κ2) is 6.25. The maximum Gasteiger partial charge on any atom is 0.113 e. The number of quaternary nitrogens is 1. The van der Waals surface area contributed by atoms with E-state index < -0.39 is 5.41 Å². The van der Waals surface area contributed by atoms with Crippen LogP contribution in [0.1, 0.15) is 49.7 Å². The van der Waals surface area contributed by atoms with Gasteiger partial charge in [0.2, 0.25) is 0 Å². The molecule has 0 aliphatic carbocycles. The highest BCUT2D eigenvalue weighted by Gasteiger charge is 2.60. The molecule has 2 unspecified atom stereocenters. The summed E-state index contributed by atoms with van der Waals surface area (Å²) < 4.78 is 1.08. The predicted molar refractivity (Wildman–Crippen MR) is 106 cm³/mol. The topological polar surface area (TPSA) is 23.8 Å². The average Bonchev–Trinajstić information content (AvgIpc) is 2.83. The first-order valence-corrected chi connectivity index (χ1v) is 9.90. The summed E-state index contributed by atoms with van der Waals surface area (Å²) in [6.07, 6.45) is 7.34. The third-order valence-corrected chi connectivity index (χ3v) is 7.58. The number of hydrogen-bond donors (Lipinski definition) is 0. The van der Waals surface area contributed by atoms with Gasteiger partial charge in [0, 0.05) is 25.7 Å². The number of nitriles is 1. The lowest BCUT2D eigenvalue weighted by Gasteiger charge is -2.52. The van der Waals surface area contributed by atoms with E-state index in [0.717, 1.165) is 28.1 Å². The normalized spacial score (nSPS) is 27.0. The quantitative estimate of drug-likeness (QED) is 0.712. The van der Waals surface area contributed by atoms with Crippen molar-refractivity contribution < 1.29 is 4.48 Å². The standard InChI is InChI=1S/C24H29N2/c1-26(2)22-14-9-16-23(26,17-15-22)18-24(19-25,20-10-5-3-6-11-20)21-12-7-4-8-13-21/h3-8,10-13,22H,9,14-18H2,1-2H3/q+1. The van der Waals surface area contributed by atoms with Crippen LogP contribution in [0.3, 0.4) is 0 Å². The maximum atomic E-state index is 10.6. The Kier molecular flexibility index (Phi) is 4.16. The molecule has 0 amide bonds. The molecule has 2 heterocycles. The summed E-state index contributed by atoms with van der Waals surface area (Å²) in [5.41, 5.74) is 1.89. The fraction of sp³-hybridized carbons (Fsp3) is 0.458. The number of benzene rings is 2. The SMILES string of the molecule is C[N+]1(C)C2CCCC1(CC(C#N)(c1ccccc1)c1ccccc1)CC2. The van der Waals surface area contributed by atoms with Gasteiger partial charge in [-0.05, 0) is 24.0 Å². The molecule has 2 aliphatic heterocycles. The Labute approximate surface area is 157 Å². The number of fused-ring (bicyclic) bond motifs is 2. The average molecular weight is 346 g/mol. The second-order valence-electron chi connectivity index (χ2n) is 8.77. The minimum absolute atomic E-state index is 0.199. The number of rotatable bonds is 4. The Morgan fingerprint density at radius 3 is 2.08 bits per heavy atom. The lowest BCUT2D eigenvalue weighted by molar-refractivity contribution is -0.956. The van der Waals surface area contributed by atoms with Gasteiger partial charge in [-0.15, -0.1) is 0 Å². The molecule has 134 valence electrons. The third kappa shape index (κ3) is 2.42. The van der Waals surface area contributed by atoms with Gasteiger partial charge in [-0.25, -0.2) is 0 Å². The highest BCUT2D eigenvalue weighted by Crippen LogP contribution is 2.54. The van der Waals surface area contributed by atoms with Crippen molar-refractivity contribution in [3.05, 3.63) is 71.8 Å². The minimum atomic E-state index is -0.579. The van der Waals surface area contributed by atoms with E-state index in [2.05, 4.69) is 68.7 Å². The zero-order valence-corrected chi connectivity index (χ0v) is 16.0. The van der Waals surface area contributed by atoms with E-state index in [4.69, 9.17) is 0 Å². The first-order chi connectivity index (χ1) is 12.5. The first kappa shape index (κ1) is 17.3. The van der Waals surface area contributed by atoms with E-state index >= 15 is 0 Å². The van der Waals surface area contributed by atoms with Crippen molar-refractivity contribution in [3.63, 3.8) is 0 Å². The molecule has 2 nitrogen and oxygen atoms in total. The van der Waals surface area contributed by atoms with E-state index in [1.54, 1.807) is 0 Å². The molecule has 2 bridgehead atoms. The monoisotopic (exact) mass is 345 g/mol. The predicted octanol–water partition coefficient (Wildman–Crippen LogP) is 5.05. The minimum Gasteiger partial charge on any atom is -0.321 e. The van der Waals surface area contributed by atoms with Crippen LogP contribution in [0.25, 0.3) is 0 Å². The van der Waals surface area contributed by atoms with Crippen LogP contribution in [-0.4, -0.2) is 30.2 Å². The summed E-state index contributed by atoms with van der Waals surface area (Å²) in [5.74, 6) is 0. The van der Waals surface area contributed by atoms with Crippen molar-refractivity contribution in [2.45, 2.75) is 55.5 Å². The second-order valence-corrected chi connectivity index (χ2v) is 8.77. The fourth-order valence-corrected chi connectivity index (χ4v) is 5.84. The molecule has 0 N–H and O–H groups in total. The Hall–Kier alpha value is -2.11. The molecule has 0 radical (unpaired) electrons. The van der Waals surface area contributed by atoms with E-state index in [0.29, 0.717) is 0 Å². The van der Waals surface area contributed by atoms with Crippen LogP contribution in [0.2, 0.25) is 0 Å². The first-order valence-electron chi connectivity index (χ1n) is 9.90. The summed E-state index contributed by atoms with van der Waals surface area (Å²) in [7, 11) is 4.82. The van der Waals surface area contributed by atoms with Crippen LogP contribution in [0.5, 0.6) is 0 Å². The largest absolute Gasteiger partial charge is 0.321 e. The van der Waals surface area contributed by atoms with Gasteiger partial charge >= 0.3 is 0 Å². The highest BCUT2D eigenvalue weighted by atomic mass is 15.4. The van der Waals surface area contributed by atoms with Gasteiger partial charge in [-0.1, -0.05) is 60.7 Å². The molecular formula is C24H29N2+. The van der Waals surface area contributed by atoms with Crippen molar-refractivity contribution in [2.24, 2.45) is 0 Å². The van der Waals surface area contributed by atoms with Crippen LogP contribution < -0.4 is 0 Å². The van der Waals surface area contributed by atoms with E-state index in [-0.39, 0.29) is 5.54 Å². The zero-order valence-electron chi connectivity index (χ0n) is 16.0. The summed E-state index contributed by atoms with van der Waals surface area (Å²) in [6.45, 7) is 0. The van der Waals surface area contributed by atoms with Crippen LogP contribution in [-0.2, 0) is 5.41 Å². The molecule has 2 heteroatoms. The van der Waals surface area contributed by atoms with Crippen LogP contribution >= 0.6 is 0 Å². The highest BCUT2D eigenvalue weighted by molar-refractivity contribution is 5.46. The molecular weight excluding hydrogens is 316 g/mol. The summed E-state index contributed by atoms with van der Waals surface area (Å²) in [4.78, 5) is 0. The molecule has 0 saturated carbocycles. The van der Waals surface area contributed by atoms with E-state index in [1.165, 1.54) is 32.1 Å². The summed E-state index contributed by atoms with van der Waals surface area (Å²) >= 11 is 0. The van der Waals surface area contributed by atoms with Gasteiger partial charge < -0.3 is 4.48 Å². The third-order valence-electron chi connectivity index (χ3n) is 7.58.